The molecule has 0 saturated heterocycles. The normalized spacial score (nSPS) is 9.80. The Morgan fingerprint density at radius 1 is 1.70 bits per heavy atom. The quantitative estimate of drug-likeness (QED) is 0.648. The maximum atomic E-state index is 10.9. The number of aryl methyl sites for hydroxylation is 1. The molecule has 0 aliphatic carbocycles. The molecule has 1 rings (SSSR count). The summed E-state index contributed by atoms with van der Waals surface area (Å²) in [5, 5.41) is 0. The van der Waals surface area contributed by atoms with Gasteiger partial charge in [-0.1, -0.05) is 0 Å². The molecule has 2 nitrogen and oxygen atoms in total. The molecule has 0 atom stereocenters. The third-order valence-corrected chi connectivity index (χ3v) is 2.13. The molecule has 1 aromatic heterocycles. The number of halogens is 1. The number of pyridine rings is 1. The van der Waals surface area contributed by atoms with E-state index in [-0.39, 0.29) is 5.56 Å². The Morgan fingerprint density at radius 3 is 2.90 bits per heavy atom. The molecule has 0 aromatic carbocycles. The second-order valence-corrected chi connectivity index (χ2v) is 2.98. The molecule has 0 aliphatic rings. The number of nitrogens with zero attached hydrogens (tertiary/aromatic N) is 1. The lowest BCUT2D eigenvalue weighted by Crippen LogP contribution is -2.13. The van der Waals surface area contributed by atoms with Gasteiger partial charge in [-0.25, -0.2) is 0 Å². The van der Waals surface area contributed by atoms with Crippen LogP contribution in [-0.2, 0) is 7.05 Å². The van der Waals surface area contributed by atoms with Crippen LogP contribution in [0.1, 0.15) is 0 Å². The molecule has 54 valence electrons. The minimum atomic E-state index is -0.0364. The molecule has 0 unspecified atom stereocenters. The summed E-state index contributed by atoms with van der Waals surface area (Å²) >= 11 is 0. The Labute approximate surface area is 67.3 Å². The Morgan fingerprint density at radius 2 is 2.40 bits per heavy atom. The summed E-state index contributed by atoms with van der Waals surface area (Å²) in [6.07, 6.45) is 1.69. The van der Waals surface area contributed by atoms with Gasteiger partial charge >= 0.3 is 0 Å². The van der Waals surface area contributed by atoms with Crippen molar-refractivity contribution in [2.45, 2.75) is 4.90 Å². The van der Waals surface area contributed by atoms with Crippen LogP contribution in [0.3, 0.4) is 0 Å². The number of hydrogen-bond donors (Lipinski definition) is 0. The van der Waals surface area contributed by atoms with Crippen LogP contribution in [0.15, 0.2) is 28.0 Å². The smallest absolute Gasteiger partial charge is 0.251 e. The summed E-state index contributed by atoms with van der Waals surface area (Å²) in [7, 11) is 8.17. The lowest BCUT2D eigenvalue weighted by molar-refractivity contribution is 0.850. The predicted molar refractivity (Wildman–Crippen MR) is 43.4 cm³/mol. The van der Waals surface area contributed by atoms with Crippen LogP contribution in [0.4, 0.5) is 0 Å². The van der Waals surface area contributed by atoms with Gasteiger partial charge in [0.25, 0.3) is 5.56 Å². The van der Waals surface area contributed by atoms with Gasteiger partial charge in [-0.15, -0.1) is 0 Å². The molecule has 0 N–H and O–H groups in total. The zero-order valence-electron chi connectivity index (χ0n) is 5.37. The summed E-state index contributed by atoms with van der Waals surface area (Å²) in [4.78, 5) is 11.7. The van der Waals surface area contributed by atoms with Crippen LogP contribution in [0, 0.1) is 0 Å². The Bertz CT molecular complexity index is 283. The van der Waals surface area contributed by atoms with Crippen molar-refractivity contribution in [2.75, 3.05) is 0 Å². The first kappa shape index (κ1) is 7.69. The van der Waals surface area contributed by atoms with Crippen LogP contribution in [0.2, 0.25) is 0 Å². The van der Waals surface area contributed by atoms with Gasteiger partial charge in [-0.3, -0.25) is 4.79 Å². The fourth-order valence-corrected chi connectivity index (χ4v) is 1.12. The van der Waals surface area contributed by atoms with Gasteiger partial charge in [0.2, 0.25) is 0 Å². The summed E-state index contributed by atoms with van der Waals surface area (Å²) in [5.74, 6) is 0. The van der Waals surface area contributed by atoms with Gasteiger partial charge in [-0.2, -0.15) is 0 Å². The average Bonchev–Trinajstić information content (AvgIpc) is 1.95. The highest BCUT2D eigenvalue weighted by Crippen LogP contribution is 2.18. The topological polar surface area (TPSA) is 22.0 Å². The van der Waals surface area contributed by atoms with E-state index in [0.717, 1.165) is 15.9 Å². The highest BCUT2D eigenvalue weighted by molar-refractivity contribution is 8.21. The van der Waals surface area contributed by atoms with Crippen molar-refractivity contribution in [1.82, 2.24) is 4.57 Å². The highest BCUT2D eigenvalue weighted by atomic mass is 35.7. The average molecular weight is 176 g/mol. The Kier molecular flexibility index (Phi) is 2.40. The van der Waals surface area contributed by atoms with Gasteiger partial charge in [0.05, 0.1) is 0 Å². The van der Waals surface area contributed by atoms with E-state index in [1.54, 1.807) is 19.3 Å². The lowest BCUT2D eigenvalue weighted by Gasteiger charge is -1.95. The predicted octanol–water partition coefficient (Wildman–Crippen LogP) is 1.63. The molecule has 4 heteroatoms. The van der Waals surface area contributed by atoms with Gasteiger partial charge < -0.3 is 4.57 Å². The molecule has 0 bridgehead atoms. The summed E-state index contributed by atoms with van der Waals surface area (Å²) in [6.45, 7) is 0. The van der Waals surface area contributed by atoms with Gasteiger partial charge in [0.15, 0.2) is 0 Å². The molecule has 10 heavy (non-hydrogen) atoms. The van der Waals surface area contributed by atoms with Crippen molar-refractivity contribution in [1.29, 1.82) is 0 Å². The van der Waals surface area contributed by atoms with Crippen molar-refractivity contribution < 1.29 is 0 Å². The summed E-state index contributed by atoms with van der Waals surface area (Å²) in [5.41, 5.74) is -0.0364. The van der Waals surface area contributed by atoms with E-state index in [4.69, 9.17) is 10.7 Å². The first-order valence-electron chi connectivity index (χ1n) is 2.69. The van der Waals surface area contributed by atoms with E-state index in [1.807, 2.05) is 0 Å². The van der Waals surface area contributed by atoms with Gasteiger partial charge in [0.1, 0.15) is 0 Å². The third kappa shape index (κ3) is 1.55. The zero-order valence-corrected chi connectivity index (χ0v) is 6.95. The van der Waals surface area contributed by atoms with Crippen LogP contribution in [0.25, 0.3) is 0 Å². The highest BCUT2D eigenvalue weighted by Gasteiger charge is 1.92. The van der Waals surface area contributed by atoms with Crippen molar-refractivity contribution >= 4 is 21.7 Å². The first-order valence-corrected chi connectivity index (χ1v) is 4.33. The summed E-state index contributed by atoms with van der Waals surface area (Å²) in [6, 6.07) is 3.29. The monoisotopic (exact) mass is 175 g/mol. The first-order chi connectivity index (χ1) is 4.74. The van der Waals surface area contributed by atoms with E-state index < -0.39 is 0 Å². The SMILES string of the molecule is Cn1ccc(SCl)cc1=O. The van der Waals surface area contributed by atoms with Crippen molar-refractivity contribution in [3.05, 3.63) is 28.7 Å². The minimum Gasteiger partial charge on any atom is -0.319 e. The van der Waals surface area contributed by atoms with E-state index in [9.17, 15) is 4.79 Å². The third-order valence-electron chi connectivity index (χ3n) is 1.16. The number of aromatic nitrogens is 1. The van der Waals surface area contributed by atoms with Gasteiger partial charge in [-0.05, 0) is 27.7 Å². The minimum absolute atomic E-state index is 0.0364. The molecule has 0 amide bonds. The Balaban J connectivity index is 3.17. The fourth-order valence-electron chi connectivity index (χ4n) is 0.578. The van der Waals surface area contributed by atoms with Crippen molar-refractivity contribution in [2.24, 2.45) is 7.05 Å². The van der Waals surface area contributed by atoms with E-state index in [1.165, 1.54) is 10.6 Å². The maximum absolute atomic E-state index is 10.9. The molecule has 0 spiro atoms. The van der Waals surface area contributed by atoms with E-state index >= 15 is 0 Å². The molecule has 0 radical (unpaired) electrons. The van der Waals surface area contributed by atoms with Crippen LogP contribution >= 0.6 is 21.7 Å². The van der Waals surface area contributed by atoms with Crippen molar-refractivity contribution in [3.8, 4) is 0 Å². The maximum Gasteiger partial charge on any atom is 0.251 e. The van der Waals surface area contributed by atoms with Crippen LogP contribution in [0.5, 0.6) is 0 Å². The van der Waals surface area contributed by atoms with E-state index in [2.05, 4.69) is 0 Å². The number of rotatable bonds is 1. The van der Waals surface area contributed by atoms with Crippen LogP contribution < -0.4 is 5.56 Å². The van der Waals surface area contributed by atoms with Gasteiger partial charge in [0, 0.05) is 24.2 Å². The standard InChI is InChI=1S/C6H6ClNOS/c1-8-3-2-5(10-7)4-6(8)9/h2-4H,1H3. The van der Waals surface area contributed by atoms with E-state index in [0.29, 0.717) is 0 Å². The molecule has 1 aromatic rings. The Hall–Kier alpha value is -0.410. The van der Waals surface area contributed by atoms with Crippen LogP contribution in [-0.4, -0.2) is 4.57 Å². The number of hydrogen-bond acceptors (Lipinski definition) is 2. The molecular weight excluding hydrogens is 170 g/mol. The second-order valence-electron chi connectivity index (χ2n) is 1.89. The molecule has 1 heterocycles. The molecule has 0 fully saturated rings. The fraction of sp³-hybridized carbons (Fsp3) is 0.167. The summed E-state index contributed by atoms with van der Waals surface area (Å²) < 4.78 is 1.50. The zero-order chi connectivity index (χ0) is 7.56. The second kappa shape index (κ2) is 3.12. The van der Waals surface area contributed by atoms with Crippen molar-refractivity contribution in [3.63, 3.8) is 0 Å². The molecule has 0 saturated carbocycles. The largest absolute Gasteiger partial charge is 0.319 e. The lowest BCUT2D eigenvalue weighted by atomic mass is 10.5. The molecule has 0 aliphatic heterocycles. The molecular formula is C6H6ClNOS.